The summed E-state index contributed by atoms with van der Waals surface area (Å²) in [4.78, 5) is 14.2. The molecule has 0 spiro atoms. The molecule has 1 aliphatic carbocycles. The molecule has 1 saturated heterocycles. The van der Waals surface area contributed by atoms with E-state index >= 15 is 0 Å². The van der Waals surface area contributed by atoms with Crippen molar-refractivity contribution in [3.05, 3.63) is 0 Å². The third-order valence-corrected chi connectivity index (χ3v) is 4.17. The van der Waals surface area contributed by atoms with Crippen LogP contribution in [0.25, 0.3) is 0 Å². The van der Waals surface area contributed by atoms with Gasteiger partial charge in [-0.15, -0.1) is 0 Å². The van der Waals surface area contributed by atoms with Crippen molar-refractivity contribution in [3.63, 3.8) is 0 Å². The fraction of sp³-hybridized carbons (Fsp3) is 0.941. The Hall–Kier alpha value is -0.570. The van der Waals surface area contributed by atoms with Crippen LogP contribution in [0.1, 0.15) is 66.7 Å². The van der Waals surface area contributed by atoms with Crippen LogP contribution in [0, 0.1) is 11.8 Å². The first-order chi connectivity index (χ1) is 9.68. The maximum absolute atomic E-state index is 12.3. The second kappa shape index (κ2) is 11.1. The van der Waals surface area contributed by atoms with Crippen LogP contribution in [-0.4, -0.2) is 37.1 Å². The minimum Gasteiger partial charge on any atom is -0.379 e. The van der Waals surface area contributed by atoms with Gasteiger partial charge in [0.05, 0.1) is 12.6 Å². The Bertz CT molecular complexity index is 241. The highest BCUT2D eigenvalue weighted by Gasteiger charge is 2.31. The SMILES string of the molecule is CC.CC.CC1CCC(C(=O)N(C)C2CCOC2)CC1. The first-order valence-corrected chi connectivity index (χ1v) is 8.53. The van der Waals surface area contributed by atoms with Gasteiger partial charge in [-0.2, -0.15) is 0 Å². The molecule has 20 heavy (non-hydrogen) atoms. The minimum atomic E-state index is 0.279. The van der Waals surface area contributed by atoms with Crippen molar-refractivity contribution in [1.29, 1.82) is 0 Å². The summed E-state index contributed by atoms with van der Waals surface area (Å²) in [7, 11) is 1.94. The molecule has 0 N–H and O–H groups in total. The zero-order valence-corrected chi connectivity index (χ0v) is 14.4. The lowest BCUT2D eigenvalue weighted by atomic mass is 9.82. The molecule has 0 aromatic carbocycles. The highest BCUT2D eigenvalue weighted by atomic mass is 16.5. The van der Waals surface area contributed by atoms with Crippen LogP contribution < -0.4 is 0 Å². The number of rotatable bonds is 2. The summed E-state index contributed by atoms with van der Waals surface area (Å²) in [6.45, 7) is 11.8. The fourth-order valence-electron chi connectivity index (χ4n) is 2.80. The van der Waals surface area contributed by atoms with Crippen molar-refractivity contribution in [2.45, 2.75) is 72.8 Å². The normalized spacial score (nSPS) is 28.6. The Labute approximate surface area is 126 Å². The van der Waals surface area contributed by atoms with Crippen molar-refractivity contribution < 1.29 is 9.53 Å². The monoisotopic (exact) mass is 285 g/mol. The Balaban J connectivity index is 0.000000829. The summed E-state index contributed by atoms with van der Waals surface area (Å²) in [6.07, 6.45) is 5.60. The number of hydrogen-bond donors (Lipinski definition) is 0. The highest BCUT2D eigenvalue weighted by molar-refractivity contribution is 5.79. The Morgan fingerprint density at radius 3 is 2.00 bits per heavy atom. The molecule has 2 fully saturated rings. The van der Waals surface area contributed by atoms with E-state index in [1.807, 2.05) is 39.6 Å². The predicted molar refractivity (Wildman–Crippen MR) is 85.8 cm³/mol. The van der Waals surface area contributed by atoms with Gasteiger partial charge in [0.1, 0.15) is 0 Å². The minimum absolute atomic E-state index is 0.279. The van der Waals surface area contributed by atoms with Gasteiger partial charge in [-0.1, -0.05) is 34.6 Å². The molecule has 1 atom stereocenters. The van der Waals surface area contributed by atoms with E-state index in [1.165, 1.54) is 12.8 Å². The number of carbonyl (C=O) groups is 1. The zero-order chi connectivity index (χ0) is 15.5. The third-order valence-electron chi connectivity index (χ3n) is 4.17. The van der Waals surface area contributed by atoms with Gasteiger partial charge in [0.15, 0.2) is 0 Å². The average molecular weight is 285 g/mol. The molecular formula is C17H35NO2. The lowest BCUT2D eigenvalue weighted by molar-refractivity contribution is -0.137. The molecule has 2 rings (SSSR count). The van der Waals surface area contributed by atoms with Crippen LogP contribution in [0.5, 0.6) is 0 Å². The van der Waals surface area contributed by atoms with Crippen molar-refractivity contribution in [2.24, 2.45) is 11.8 Å². The highest BCUT2D eigenvalue weighted by Crippen LogP contribution is 2.30. The number of hydrogen-bond acceptors (Lipinski definition) is 2. The zero-order valence-electron chi connectivity index (χ0n) is 14.4. The second-order valence-corrected chi connectivity index (χ2v) is 5.42. The summed E-state index contributed by atoms with van der Waals surface area (Å²) in [6, 6.07) is 0.326. The van der Waals surface area contributed by atoms with Crippen LogP contribution >= 0.6 is 0 Å². The maximum Gasteiger partial charge on any atom is 0.225 e. The fourth-order valence-corrected chi connectivity index (χ4v) is 2.80. The van der Waals surface area contributed by atoms with Gasteiger partial charge in [0.2, 0.25) is 5.91 Å². The molecule has 1 heterocycles. The van der Waals surface area contributed by atoms with Crippen molar-refractivity contribution >= 4 is 5.91 Å². The maximum atomic E-state index is 12.3. The van der Waals surface area contributed by atoms with E-state index in [2.05, 4.69) is 6.92 Å². The first kappa shape index (κ1) is 19.4. The summed E-state index contributed by atoms with van der Waals surface area (Å²) < 4.78 is 5.34. The van der Waals surface area contributed by atoms with Crippen molar-refractivity contribution in [2.75, 3.05) is 20.3 Å². The van der Waals surface area contributed by atoms with Crippen LogP contribution in [0.3, 0.4) is 0 Å². The van der Waals surface area contributed by atoms with E-state index < -0.39 is 0 Å². The number of likely N-dealkylation sites (N-methyl/N-ethyl adjacent to an activating group) is 1. The Morgan fingerprint density at radius 1 is 1.00 bits per heavy atom. The Morgan fingerprint density at radius 2 is 1.55 bits per heavy atom. The first-order valence-electron chi connectivity index (χ1n) is 8.53. The summed E-state index contributed by atoms with van der Waals surface area (Å²) in [5.41, 5.74) is 0. The molecule has 1 unspecified atom stereocenters. The van der Waals surface area contributed by atoms with Gasteiger partial charge < -0.3 is 9.64 Å². The molecule has 0 bridgehead atoms. The smallest absolute Gasteiger partial charge is 0.225 e. The average Bonchev–Trinajstić information content (AvgIpc) is 3.05. The molecule has 2 aliphatic rings. The molecule has 120 valence electrons. The predicted octanol–water partition coefficient (Wildman–Crippen LogP) is 4.11. The Kier molecular flexibility index (Phi) is 10.8. The van der Waals surface area contributed by atoms with Crippen LogP contribution in [0.2, 0.25) is 0 Å². The summed E-state index contributed by atoms with van der Waals surface area (Å²) >= 11 is 0. The molecular weight excluding hydrogens is 250 g/mol. The van der Waals surface area contributed by atoms with E-state index in [9.17, 15) is 4.79 Å². The number of carbonyl (C=O) groups excluding carboxylic acids is 1. The molecule has 0 aromatic rings. The van der Waals surface area contributed by atoms with Gasteiger partial charge in [-0.3, -0.25) is 4.79 Å². The van der Waals surface area contributed by atoms with E-state index in [1.54, 1.807) is 0 Å². The van der Waals surface area contributed by atoms with E-state index in [-0.39, 0.29) is 5.92 Å². The molecule has 1 aliphatic heterocycles. The van der Waals surface area contributed by atoms with Crippen molar-refractivity contribution in [3.8, 4) is 0 Å². The van der Waals surface area contributed by atoms with Crippen LogP contribution in [0.4, 0.5) is 0 Å². The lowest BCUT2D eigenvalue weighted by Crippen LogP contribution is -2.41. The summed E-state index contributed by atoms with van der Waals surface area (Å²) in [5.74, 6) is 1.44. The largest absolute Gasteiger partial charge is 0.379 e. The van der Waals surface area contributed by atoms with Gasteiger partial charge in [-0.05, 0) is 38.0 Å². The number of amides is 1. The van der Waals surface area contributed by atoms with Crippen LogP contribution in [-0.2, 0) is 9.53 Å². The lowest BCUT2D eigenvalue weighted by Gasteiger charge is -2.31. The second-order valence-electron chi connectivity index (χ2n) is 5.42. The van der Waals surface area contributed by atoms with Crippen molar-refractivity contribution in [1.82, 2.24) is 4.90 Å². The molecule has 0 radical (unpaired) electrons. The van der Waals surface area contributed by atoms with E-state index in [4.69, 9.17) is 4.74 Å². The molecule has 1 amide bonds. The standard InChI is InChI=1S/C13H23NO2.2C2H6/c1-10-3-5-11(6-4-10)13(15)14(2)12-7-8-16-9-12;2*1-2/h10-12H,3-9H2,1-2H3;2*1-2H3. The van der Waals surface area contributed by atoms with E-state index in [0.717, 1.165) is 38.4 Å². The van der Waals surface area contributed by atoms with Gasteiger partial charge in [-0.25, -0.2) is 0 Å². The third kappa shape index (κ3) is 5.82. The molecule has 3 heteroatoms. The van der Waals surface area contributed by atoms with Gasteiger partial charge in [0.25, 0.3) is 0 Å². The molecule has 0 aromatic heterocycles. The van der Waals surface area contributed by atoms with Gasteiger partial charge >= 0.3 is 0 Å². The topological polar surface area (TPSA) is 29.5 Å². The number of nitrogens with zero attached hydrogens (tertiary/aromatic N) is 1. The molecule has 1 saturated carbocycles. The summed E-state index contributed by atoms with van der Waals surface area (Å²) in [5, 5.41) is 0. The quantitative estimate of drug-likeness (QED) is 0.764. The van der Waals surface area contributed by atoms with E-state index in [0.29, 0.717) is 11.9 Å². The van der Waals surface area contributed by atoms with Crippen LogP contribution in [0.15, 0.2) is 0 Å². The number of ether oxygens (including phenoxy) is 1. The molecule has 3 nitrogen and oxygen atoms in total. The van der Waals surface area contributed by atoms with Gasteiger partial charge in [0, 0.05) is 19.6 Å².